The van der Waals surface area contributed by atoms with Gasteiger partial charge in [-0.3, -0.25) is 9.69 Å². The van der Waals surface area contributed by atoms with Crippen LogP contribution in [0, 0.1) is 5.92 Å². The zero-order chi connectivity index (χ0) is 13.1. The molecule has 1 amide bonds. The number of carbonyl (C=O) groups excluding carboxylic acids is 1. The van der Waals surface area contributed by atoms with Gasteiger partial charge in [0, 0.05) is 31.7 Å². The fourth-order valence-electron chi connectivity index (χ4n) is 3.14. The van der Waals surface area contributed by atoms with Crippen LogP contribution in [0.5, 0.6) is 0 Å². The van der Waals surface area contributed by atoms with E-state index in [1.54, 1.807) is 0 Å². The molecule has 2 saturated heterocycles. The molecule has 4 nitrogen and oxygen atoms in total. The lowest BCUT2D eigenvalue weighted by atomic mass is 9.95. The van der Waals surface area contributed by atoms with E-state index in [4.69, 9.17) is 5.73 Å². The van der Waals surface area contributed by atoms with Gasteiger partial charge >= 0.3 is 0 Å². The number of hydrogen-bond donors (Lipinski definition) is 1. The molecular formula is C14H28ClN3O. The molecule has 2 rings (SSSR count). The van der Waals surface area contributed by atoms with Crippen molar-refractivity contribution in [2.75, 3.05) is 26.2 Å². The van der Waals surface area contributed by atoms with Crippen LogP contribution in [0.2, 0.25) is 0 Å². The smallest absolute Gasteiger partial charge is 0.236 e. The lowest BCUT2D eigenvalue weighted by Gasteiger charge is -2.38. The minimum Gasteiger partial charge on any atom is -0.339 e. The summed E-state index contributed by atoms with van der Waals surface area (Å²) in [6.07, 6.45) is 4.61. The van der Waals surface area contributed by atoms with Crippen LogP contribution in [0.25, 0.3) is 0 Å². The number of carbonyl (C=O) groups is 1. The number of likely N-dealkylation sites (tertiary alicyclic amines) is 2. The lowest BCUT2D eigenvalue weighted by Crippen LogP contribution is -2.51. The summed E-state index contributed by atoms with van der Waals surface area (Å²) in [7, 11) is 0. The first kappa shape index (κ1) is 16.7. The third-order valence-corrected chi connectivity index (χ3v) is 4.54. The Kier molecular flexibility index (Phi) is 6.57. The Morgan fingerprint density at radius 2 is 1.95 bits per heavy atom. The van der Waals surface area contributed by atoms with Crippen molar-refractivity contribution in [1.29, 1.82) is 0 Å². The molecule has 3 unspecified atom stereocenters. The normalized spacial score (nSPS) is 32.8. The van der Waals surface area contributed by atoms with E-state index in [2.05, 4.69) is 23.6 Å². The minimum absolute atomic E-state index is 0. The monoisotopic (exact) mass is 289 g/mol. The fourth-order valence-corrected chi connectivity index (χ4v) is 3.14. The molecule has 2 aliphatic rings. The summed E-state index contributed by atoms with van der Waals surface area (Å²) >= 11 is 0. The standard InChI is InChI=1S/C14H27N3O.ClH/c1-11-9-16(8-6-13(11)15)10-14(18)17-7-4-3-5-12(17)2;/h11-13H,3-10,15H2,1-2H3;1H. The molecule has 0 saturated carbocycles. The summed E-state index contributed by atoms with van der Waals surface area (Å²) in [4.78, 5) is 16.7. The van der Waals surface area contributed by atoms with E-state index in [9.17, 15) is 4.79 Å². The summed E-state index contributed by atoms with van der Waals surface area (Å²) in [6.45, 7) is 7.83. The maximum atomic E-state index is 12.3. The Balaban J connectivity index is 0.00000180. The van der Waals surface area contributed by atoms with Gasteiger partial charge < -0.3 is 10.6 Å². The molecule has 0 aliphatic carbocycles. The molecule has 112 valence electrons. The number of rotatable bonds is 2. The zero-order valence-electron chi connectivity index (χ0n) is 12.2. The molecule has 0 radical (unpaired) electrons. The van der Waals surface area contributed by atoms with Crippen molar-refractivity contribution in [2.24, 2.45) is 11.7 Å². The van der Waals surface area contributed by atoms with Gasteiger partial charge in [0.2, 0.25) is 5.91 Å². The van der Waals surface area contributed by atoms with Crippen LogP contribution in [0.15, 0.2) is 0 Å². The van der Waals surface area contributed by atoms with E-state index in [0.29, 0.717) is 30.5 Å². The van der Waals surface area contributed by atoms with Crippen LogP contribution < -0.4 is 5.73 Å². The zero-order valence-corrected chi connectivity index (χ0v) is 13.0. The van der Waals surface area contributed by atoms with Crippen molar-refractivity contribution in [3.63, 3.8) is 0 Å². The molecule has 0 spiro atoms. The van der Waals surface area contributed by atoms with Crippen molar-refractivity contribution in [2.45, 2.75) is 51.6 Å². The molecule has 0 aromatic heterocycles. The summed E-state index contributed by atoms with van der Waals surface area (Å²) < 4.78 is 0. The predicted octanol–water partition coefficient (Wildman–Crippen LogP) is 1.48. The third kappa shape index (κ3) is 4.33. The van der Waals surface area contributed by atoms with Crippen LogP contribution >= 0.6 is 12.4 Å². The highest BCUT2D eigenvalue weighted by atomic mass is 35.5. The van der Waals surface area contributed by atoms with Crippen LogP contribution in [0.3, 0.4) is 0 Å². The average molecular weight is 290 g/mol. The molecule has 2 aliphatic heterocycles. The first-order valence-electron chi connectivity index (χ1n) is 7.35. The number of halogens is 1. The van der Waals surface area contributed by atoms with Gasteiger partial charge in [-0.25, -0.2) is 0 Å². The Morgan fingerprint density at radius 3 is 2.58 bits per heavy atom. The molecule has 5 heteroatoms. The maximum absolute atomic E-state index is 12.3. The van der Waals surface area contributed by atoms with Gasteiger partial charge in [-0.1, -0.05) is 6.92 Å². The quantitative estimate of drug-likeness (QED) is 0.838. The summed E-state index contributed by atoms with van der Waals surface area (Å²) in [6, 6.07) is 0.737. The summed E-state index contributed by atoms with van der Waals surface area (Å²) in [5.41, 5.74) is 6.01. The van der Waals surface area contributed by atoms with Crippen LogP contribution in [-0.4, -0.2) is 54.0 Å². The largest absolute Gasteiger partial charge is 0.339 e. The van der Waals surface area contributed by atoms with Gasteiger partial charge in [0.05, 0.1) is 6.54 Å². The Bertz CT molecular complexity index is 300. The number of piperidine rings is 2. The van der Waals surface area contributed by atoms with E-state index >= 15 is 0 Å². The molecule has 0 bridgehead atoms. The number of hydrogen-bond acceptors (Lipinski definition) is 3. The number of amides is 1. The molecule has 2 fully saturated rings. The summed E-state index contributed by atoms with van der Waals surface area (Å²) in [5.74, 6) is 0.815. The van der Waals surface area contributed by atoms with Crippen molar-refractivity contribution in [1.82, 2.24) is 9.80 Å². The average Bonchev–Trinajstić information content (AvgIpc) is 2.34. The fraction of sp³-hybridized carbons (Fsp3) is 0.929. The highest BCUT2D eigenvalue weighted by molar-refractivity contribution is 5.85. The van der Waals surface area contributed by atoms with Gasteiger partial charge in [-0.15, -0.1) is 12.4 Å². The Hall–Kier alpha value is -0.320. The van der Waals surface area contributed by atoms with E-state index in [1.165, 1.54) is 6.42 Å². The second kappa shape index (κ2) is 7.46. The second-order valence-electron chi connectivity index (χ2n) is 6.10. The second-order valence-corrected chi connectivity index (χ2v) is 6.10. The lowest BCUT2D eigenvalue weighted by molar-refractivity contribution is -0.136. The van der Waals surface area contributed by atoms with Crippen molar-refractivity contribution >= 4 is 18.3 Å². The number of nitrogens with zero attached hydrogens (tertiary/aromatic N) is 2. The van der Waals surface area contributed by atoms with Crippen molar-refractivity contribution in [3.05, 3.63) is 0 Å². The van der Waals surface area contributed by atoms with Gasteiger partial charge in [0.1, 0.15) is 0 Å². The highest BCUT2D eigenvalue weighted by Crippen LogP contribution is 2.18. The maximum Gasteiger partial charge on any atom is 0.236 e. The first-order chi connectivity index (χ1) is 8.58. The van der Waals surface area contributed by atoms with E-state index in [1.807, 2.05) is 0 Å². The molecule has 0 aromatic carbocycles. The Morgan fingerprint density at radius 1 is 1.21 bits per heavy atom. The van der Waals surface area contributed by atoms with Gasteiger partial charge in [-0.05, 0) is 38.5 Å². The molecule has 19 heavy (non-hydrogen) atoms. The van der Waals surface area contributed by atoms with Crippen LogP contribution in [0.4, 0.5) is 0 Å². The molecule has 2 N–H and O–H groups in total. The van der Waals surface area contributed by atoms with Crippen molar-refractivity contribution in [3.8, 4) is 0 Å². The van der Waals surface area contributed by atoms with E-state index in [-0.39, 0.29) is 12.4 Å². The predicted molar refractivity (Wildman–Crippen MR) is 80.5 cm³/mol. The number of nitrogens with two attached hydrogens (primary N) is 1. The van der Waals surface area contributed by atoms with Crippen LogP contribution in [-0.2, 0) is 4.79 Å². The highest BCUT2D eigenvalue weighted by Gasteiger charge is 2.28. The van der Waals surface area contributed by atoms with Gasteiger partial charge in [0.25, 0.3) is 0 Å². The molecule has 3 atom stereocenters. The molecule has 0 aromatic rings. The SMILES string of the molecule is CC1CN(CC(=O)N2CCCCC2C)CCC1N.Cl. The van der Waals surface area contributed by atoms with Gasteiger partial charge in [0.15, 0.2) is 0 Å². The Labute approximate surface area is 123 Å². The third-order valence-electron chi connectivity index (χ3n) is 4.54. The summed E-state index contributed by atoms with van der Waals surface area (Å²) in [5, 5.41) is 0. The molecular weight excluding hydrogens is 262 g/mol. The first-order valence-corrected chi connectivity index (χ1v) is 7.35. The van der Waals surface area contributed by atoms with E-state index < -0.39 is 0 Å². The molecule has 2 heterocycles. The van der Waals surface area contributed by atoms with Gasteiger partial charge in [-0.2, -0.15) is 0 Å². The topological polar surface area (TPSA) is 49.6 Å². The minimum atomic E-state index is 0. The van der Waals surface area contributed by atoms with E-state index in [0.717, 1.165) is 38.9 Å². The van der Waals surface area contributed by atoms with Crippen molar-refractivity contribution < 1.29 is 4.79 Å². The van der Waals surface area contributed by atoms with Crippen LogP contribution in [0.1, 0.15) is 39.5 Å².